The van der Waals surface area contributed by atoms with E-state index >= 15 is 0 Å². The van der Waals surface area contributed by atoms with Gasteiger partial charge in [-0.25, -0.2) is 4.79 Å². The number of nitrogens with zero attached hydrogens (tertiary/aromatic N) is 1. The van der Waals surface area contributed by atoms with Crippen molar-refractivity contribution in [3.8, 4) is 5.75 Å². The van der Waals surface area contributed by atoms with Gasteiger partial charge >= 0.3 is 6.03 Å². The number of hydrogen-bond acceptors (Lipinski definition) is 4. The van der Waals surface area contributed by atoms with Crippen LogP contribution in [-0.2, 0) is 15.1 Å². The lowest BCUT2D eigenvalue weighted by atomic mass is 9.82. The lowest BCUT2D eigenvalue weighted by molar-refractivity contribution is -0.134. The molecule has 1 aliphatic heterocycles. The number of carbonyl (C=O) groups excluding carboxylic acids is 3. The minimum Gasteiger partial charge on any atom is -0.492 e. The number of ether oxygens (including phenoxy) is 1. The van der Waals surface area contributed by atoms with Gasteiger partial charge in [0.05, 0.1) is 6.54 Å². The van der Waals surface area contributed by atoms with Gasteiger partial charge in [0.1, 0.15) is 18.9 Å². The fourth-order valence-electron chi connectivity index (χ4n) is 3.73. The van der Waals surface area contributed by atoms with Gasteiger partial charge in [-0.05, 0) is 23.3 Å². The van der Waals surface area contributed by atoms with E-state index in [0.717, 1.165) is 4.90 Å². The van der Waals surface area contributed by atoms with E-state index in [1.165, 1.54) is 0 Å². The van der Waals surface area contributed by atoms with Crippen molar-refractivity contribution in [3.63, 3.8) is 0 Å². The van der Waals surface area contributed by atoms with Gasteiger partial charge in [0.15, 0.2) is 5.54 Å². The van der Waals surface area contributed by atoms with Gasteiger partial charge in [0, 0.05) is 0 Å². The van der Waals surface area contributed by atoms with E-state index in [-0.39, 0.29) is 19.7 Å². The zero-order chi connectivity index (χ0) is 22.4. The van der Waals surface area contributed by atoms with E-state index < -0.39 is 23.4 Å². The van der Waals surface area contributed by atoms with E-state index in [9.17, 15) is 14.4 Å². The average molecular weight is 429 g/mol. The van der Waals surface area contributed by atoms with Crippen LogP contribution >= 0.6 is 0 Å². The highest BCUT2D eigenvalue weighted by atomic mass is 16.5. The second-order valence-corrected chi connectivity index (χ2v) is 7.31. The lowest BCUT2D eigenvalue weighted by Crippen LogP contribution is -2.46. The van der Waals surface area contributed by atoms with Crippen molar-refractivity contribution in [3.05, 3.63) is 102 Å². The quantitative estimate of drug-likeness (QED) is 0.426. The van der Waals surface area contributed by atoms with E-state index in [4.69, 9.17) is 4.74 Å². The highest BCUT2D eigenvalue weighted by Crippen LogP contribution is 2.35. The van der Waals surface area contributed by atoms with Crippen LogP contribution in [0, 0.1) is 0 Å². The Morgan fingerprint density at radius 1 is 0.844 bits per heavy atom. The Labute approximate surface area is 186 Å². The van der Waals surface area contributed by atoms with Crippen LogP contribution in [0.15, 0.2) is 91.0 Å². The van der Waals surface area contributed by atoms with Crippen LogP contribution in [0.2, 0.25) is 0 Å². The molecule has 4 amide bonds. The highest BCUT2D eigenvalue weighted by molar-refractivity contribution is 6.11. The van der Waals surface area contributed by atoms with Gasteiger partial charge in [-0.2, -0.15) is 0 Å². The molecule has 1 saturated heterocycles. The average Bonchev–Trinajstić information content (AvgIpc) is 3.09. The largest absolute Gasteiger partial charge is 0.492 e. The first-order valence-electron chi connectivity index (χ1n) is 10.3. The third-order valence-electron chi connectivity index (χ3n) is 5.26. The van der Waals surface area contributed by atoms with Gasteiger partial charge in [-0.15, -0.1) is 0 Å². The van der Waals surface area contributed by atoms with Crippen molar-refractivity contribution >= 4 is 17.8 Å². The SMILES string of the molecule is O=C(CN1C(=O)NC(c2ccccc2)(c2ccccc2)C1=O)NCCOc1ccccc1. The molecule has 3 aromatic carbocycles. The number of hydrogen-bond donors (Lipinski definition) is 2. The van der Waals surface area contributed by atoms with E-state index in [1.54, 1.807) is 24.3 Å². The molecule has 0 aliphatic carbocycles. The summed E-state index contributed by atoms with van der Waals surface area (Å²) in [6, 6.07) is 26.7. The van der Waals surface area contributed by atoms with Crippen molar-refractivity contribution in [2.24, 2.45) is 0 Å². The second-order valence-electron chi connectivity index (χ2n) is 7.31. The number of imide groups is 1. The number of rotatable bonds is 8. The summed E-state index contributed by atoms with van der Waals surface area (Å²) in [7, 11) is 0. The molecule has 0 spiro atoms. The number of carbonyl (C=O) groups is 3. The predicted octanol–water partition coefficient (Wildman–Crippen LogP) is 2.68. The zero-order valence-corrected chi connectivity index (χ0v) is 17.4. The maximum atomic E-state index is 13.5. The van der Waals surface area contributed by atoms with Crippen LogP contribution in [0.5, 0.6) is 5.75 Å². The molecular formula is C25H23N3O4. The maximum absolute atomic E-state index is 13.5. The first-order valence-corrected chi connectivity index (χ1v) is 10.3. The smallest absolute Gasteiger partial charge is 0.326 e. The number of urea groups is 1. The molecular weight excluding hydrogens is 406 g/mol. The summed E-state index contributed by atoms with van der Waals surface area (Å²) in [5, 5.41) is 5.52. The maximum Gasteiger partial charge on any atom is 0.326 e. The number of nitrogens with one attached hydrogen (secondary N) is 2. The molecule has 1 heterocycles. The Morgan fingerprint density at radius 3 is 1.94 bits per heavy atom. The summed E-state index contributed by atoms with van der Waals surface area (Å²) < 4.78 is 5.54. The van der Waals surface area contributed by atoms with Gasteiger partial charge in [-0.1, -0.05) is 78.9 Å². The van der Waals surface area contributed by atoms with Crippen LogP contribution in [0.4, 0.5) is 4.79 Å². The summed E-state index contributed by atoms with van der Waals surface area (Å²) in [4.78, 5) is 39.7. The van der Waals surface area contributed by atoms with Crippen molar-refractivity contribution < 1.29 is 19.1 Å². The molecule has 0 saturated carbocycles. The van der Waals surface area contributed by atoms with Crippen molar-refractivity contribution in [2.75, 3.05) is 19.7 Å². The Hall–Kier alpha value is -4.13. The van der Waals surface area contributed by atoms with Crippen LogP contribution in [0.3, 0.4) is 0 Å². The molecule has 32 heavy (non-hydrogen) atoms. The monoisotopic (exact) mass is 429 g/mol. The van der Waals surface area contributed by atoms with Crippen LogP contribution in [0.25, 0.3) is 0 Å². The second kappa shape index (κ2) is 9.34. The van der Waals surface area contributed by atoms with Crippen LogP contribution < -0.4 is 15.4 Å². The molecule has 7 heteroatoms. The molecule has 0 bridgehead atoms. The normalized spacial score (nSPS) is 14.7. The molecule has 1 aliphatic rings. The number of benzene rings is 3. The van der Waals surface area contributed by atoms with Gasteiger partial charge in [0.2, 0.25) is 5.91 Å². The molecule has 3 aromatic rings. The minimum atomic E-state index is -1.38. The molecule has 162 valence electrons. The molecule has 1 fully saturated rings. The Bertz CT molecular complexity index is 1050. The van der Waals surface area contributed by atoms with Gasteiger partial charge in [-0.3, -0.25) is 14.5 Å². The Balaban J connectivity index is 1.45. The first kappa shape index (κ1) is 21.1. The summed E-state index contributed by atoms with van der Waals surface area (Å²) in [5.41, 5.74) is -0.122. The molecule has 2 N–H and O–H groups in total. The fraction of sp³-hybridized carbons (Fsp3) is 0.160. The molecule has 0 aromatic heterocycles. The molecule has 4 rings (SSSR count). The number of amides is 4. The van der Waals surface area contributed by atoms with Gasteiger partial charge in [0.25, 0.3) is 5.91 Å². The van der Waals surface area contributed by atoms with E-state index in [2.05, 4.69) is 10.6 Å². The third-order valence-corrected chi connectivity index (χ3v) is 5.26. The van der Waals surface area contributed by atoms with Crippen molar-refractivity contribution in [1.82, 2.24) is 15.5 Å². The minimum absolute atomic E-state index is 0.250. The standard InChI is InChI=1S/C25H23N3O4/c29-22(26-16-17-32-21-14-8-3-9-15-21)18-28-23(30)25(27-24(28)31,19-10-4-1-5-11-19)20-12-6-2-7-13-20/h1-15H,16-18H2,(H,26,29)(H,27,31). The summed E-state index contributed by atoms with van der Waals surface area (Å²) in [6.07, 6.45) is 0. The van der Waals surface area contributed by atoms with Crippen molar-refractivity contribution in [2.45, 2.75) is 5.54 Å². The third kappa shape index (κ3) is 4.18. The lowest BCUT2D eigenvalue weighted by Gasteiger charge is -2.28. The predicted molar refractivity (Wildman–Crippen MR) is 119 cm³/mol. The fourth-order valence-corrected chi connectivity index (χ4v) is 3.73. The Kier molecular flexibility index (Phi) is 6.17. The van der Waals surface area contributed by atoms with Gasteiger partial charge < -0.3 is 15.4 Å². The highest BCUT2D eigenvalue weighted by Gasteiger charge is 2.53. The first-order chi connectivity index (χ1) is 15.6. The van der Waals surface area contributed by atoms with Crippen LogP contribution in [-0.4, -0.2) is 42.4 Å². The molecule has 0 unspecified atom stereocenters. The molecule has 0 atom stereocenters. The summed E-state index contributed by atoms with van der Waals surface area (Å²) in [5.74, 6) is -0.232. The molecule has 7 nitrogen and oxygen atoms in total. The summed E-state index contributed by atoms with van der Waals surface area (Å²) in [6.45, 7) is 0.144. The van der Waals surface area contributed by atoms with Crippen LogP contribution in [0.1, 0.15) is 11.1 Å². The number of para-hydroxylation sites is 1. The Morgan fingerprint density at radius 2 is 1.38 bits per heavy atom. The molecule has 0 radical (unpaired) electrons. The zero-order valence-electron chi connectivity index (χ0n) is 17.4. The van der Waals surface area contributed by atoms with Crippen molar-refractivity contribution in [1.29, 1.82) is 0 Å². The van der Waals surface area contributed by atoms with E-state index in [1.807, 2.05) is 66.7 Å². The summed E-state index contributed by atoms with van der Waals surface area (Å²) >= 11 is 0. The topological polar surface area (TPSA) is 87.7 Å². The van der Waals surface area contributed by atoms with E-state index in [0.29, 0.717) is 16.9 Å².